The van der Waals surface area contributed by atoms with Gasteiger partial charge in [-0.15, -0.1) is 0 Å². The summed E-state index contributed by atoms with van der Waals surface area (Å²) >= 11 is 0. The van der Waals surface area contributed by atoms with E-state index in [4.69, 9.17) is 0 Å². The van der Waals surface area contributed by atoms with Crippen LogP contribution in [0.15, 0.2) is 96.6 Å². The van der Waals surface area contributed by atoms with Crippen LogP contribution in [0.5, 0.6) is 0 Å². The van der Waals surface area contributed by atoms with E-state index in [1.54, 1.807) is 0 Å². The lowest BCUT2D eigenvalue weighted by atomic mass is 9.84. The molecule has 0 spiro atoms. The van der Waals surface area contributed by atoms with Crippen molar-refractivity contribution in [2.75, 3.05) is 13.1 Å². The summed E-state index contributed by atoms with van der Waals surface area (Å²) in [5, 5.41) is 17.7. The number of carbonyl (C=O) groups excluding carboxylic acids is 3. The predicted molar refractivity (Wildman–Crippen MR) is 183 cm³/mol. The minimum Gasteiger partial charge on any atom is -0.354 e. The van der Waals surface area contributed by atoms with E-state index in [0.717, 1.165) is 56.1 Å². The Hall–Kier alpha value is -3.97. The predicted octanol–water partition coefficient (Wildman–Crippen LogP) is 6.88. The van der Waals surface area contributed by atoms with E-state index >= 15 is 0 Å². The van der Waals surface area contributed by atoms with Crippen LogP contribution >= 0.6 is 0 Å². The molecule has 1 saturated carbocycles. The van der Waals surface area contributed by atoms with Gasteiger partial charge in [0.25, 0.3) is 0 Å². The van der Waals surface area contributed by atoms with Gasteiger partial charge in [-0.25, -0.2) is 5.06 Å². The molecular formula is C39H51N3O4. The number of carbonyl (C=O) groups is 3. The van der Waals surface area contributed by atoms with Crippen LogP contribution < -0.4 is 10.6 Å². The van der Waals surface area contributed by atoms with E-state index in [9.17, 15) is 19.6 Å². The quantitative estimate of drug-likeness (QED) is 0.132. The molecule has 2 unspecified atom stereocenters. The Bertz CT molecular complexity index is 1320. The lowest BCUT2D eigenvalue weighted by molar-refractivity contribution is -0.169. The van der Waals surface area contributed by atoms with Crippen molar-refractivity contribution in [3.8, 4) is 0 Å². The zero-order valence-electron chi connectivity index (χ0n) is 27.1. The number of amides is 3. The molecule has 0 aliphatic heterocycles. The molecule has 7 nitrogen and oxygen atoms in total. The number of allylic oxidation sites excluding steroid dienone is 6. The van der Waals surface area contributed by atoms with Crippen LogP contribution in [0, 0.1) is 11.8 Å². The molecular weight excluding hydrogens is 574 g/mol. The highest BCUT2D eigenvalue weighted by Crippen LogP contribution is 2.28. The van der Waals surface area contributed by atoms with Crippen molar-refractivity contribution in [1.82, 2.24) is 15.7 Å². The Labute approximate surface area is 274 Å². The maximum atomic E-state index is 13.9. The fourth-order valence-electron chi connectivity index (χ4n) is 6.40. The lowest BCUT2D eigenvalue weighted by Crippen LogP contribution is -2.51. The van der Waals surface area contributed by atoms with Gasteiger partial charge in [0.15, 0.2) is 0 Å². The van der Waals surface area contributed by atoms with Crippen molar-refractivity contribution in [3.63, 3.8) is 0 Å². The third-order valence-corrected chi connectivity index (χ3v) is 9.13. The zero-order valence-corrected chi connectivity index (χ0v) is 27.1. The van der Waals surface area contributed by atoms with Crippen molar-refractivity contribution >= 4 is 17.7 Å². The highest BCUT2D eigenvalue weighted by Gasteiger charge is 2.30. The minimum absolute atomic E-state index is 0.107. The normalized spacial score (nSPS) is 16.2. The summed E-state index contributed by atoms with van der Waals surface area (Å²) in [4.78, 5) is 40.3. The van der Waals surface area contributed by atoms with Crippen LogP contribution in [0.3, 0.4) is 0 Å². The minimum atomic E-state index is -0.658. The largest absolute Gasteiger partial charge is 0.354 e. The number of hydrogen-bond donors (Lipinski definition) is 3. The van der Waals surface area contributed by atoms with Gasteiger partial charge in [0.05, 0.1) is 12.5 Å². The first-order valence-electron chi connectivity index (χ1n) is 17.1. The first-order valence-corrected chi connectivity index (χ1v) is 17.1. The van der Waals surface area contributed by atoms with Gasteiger partial charge in [0.2, 0.25) is 17.7 Å². The van der Waals surface area contributed by atoms with Crippen molar-refractivity contribution in [2.24, 2.45) is 11.8 Å². The van der Waals surface area contributed by atoms with E-state index < -0.39 is 17.9 Å². The molecule has 4 rings (SSSR count). The summed E-state index contributed by atoms with van der Waals surface area (Å²) in [6.07, 6.45) is 20.8. The summed E-state index contributed by atoms with van der Waals surface area (Å²) in [6, 6.07) is 19.0. The molecule has 0 heterocycles. The fourth-order valence-corrected chi connectivity index (χ4v) is 6.40. The molecule has 3 amide bonds. The summed E-state index contributed by atoms with van der Waals surface area (Å²) in [7, 11) is 0. The maximum Gasteiger partial charge on any atom is 0.246 e. The van der Waals surface area contributed by atoms with Crippen molar-refractivity contribution < 1.29 is 19.6 Å². The number of nitrogens with zero attached hydrogens (tertiary/aromatic N) is 1. The molecule has 2 aromatic rings. The first kappa shape index (κ1) is 34.9. The van der Waals surface area contributed by atoms with Crippen LogP contribution in [0.4, 0.5) is 0 Å². The Morgan fingerprint density at radius 3 is 2.24 bits per heavy atom. The third-order valence-electron chi connectivity index (χ3n) is 9.13. The first-order chi connectivity index (χ1) is 22.5. The zero-order chi connectivity index (χ0) is 32.4. The summed E-state index contributed by atoms with van der Waals surface area (Å²) in [6.45, 7) is 0.381. The molecule has 3 N–H and O–H groups in total. The highest BCUT2D eigenvalue weighted by molar-refractivity contribution is 5.88. The smallest absolute Gasteiger partial charge is 0.246 e. The molecule has 7 heteroatoms. The van der Waals surface area contributed by atoms with E-state index in [0.29, 0.717) is 43.2 Å². The average Bonchev–Trinajstić information content (AvgIpc) is 3.36. The van der Waals surface area contributed by atoms with E-state index in [1.807, 2.05) is 78.9 Å². The molecule has 2 atom stereocenters. The number of rotatable bonds is 17. The van der Waals surface area contributed by atoms with Crippen LogP contribution in [0.1, 0.15) is 81.8 Å². The Kier molecular flexibility index (Phi) is 14.8. The molecule has 246 valence electrons. The molecule has 0 aromatic heterocycles. The molecule has 0 saturated heterocycles. The van der Waals surface area contributed by atoms with Gasteiger partial charge in [-0.2, -0.15) is 0 Å². The second kappa shape index (κ2) is 19.5. The van der Waals surface area contributed by atoms with Gasteiger partial charge in [-0.1, -0.05) is 129 Å². The van der Waals surface area contributed by atoms with Crippen molar-refractivity contribution in [2.45, 2.75) is 89.5 Å². The van der Waals surface area contributed by atoms with Crippen LogP contribution in [-0.2, 0) is 27.2 Å². The number of aryl methyl sites for hydroxylation is 1. The number of hydrogen-bond acceptors (Lipinski definition) is 4. The van der Waals surface area contributed by atoms with Crippen LogP contribution in [0.25, 0.3) is 0 Å². The molecule has 2 aliphatic carbocycles. The molecule has 46 heavy (non-hydrogen) atoms. The molecule has 2 aliphatic rings. The summed E-state index contributed by atoms with van der Waals surface area (Å²) < 4.78 is 0. The maximum absolute atomic E-state index is 13.9. The average molecular weight is 626 g/mol. The van der Waals surface area contributed by atoms with E-state index in [-0.39, 0.29) is 24.8 Å². The van der Waals surface area contributed by atoms with Gasteiger partial charge < -0.3 is 10.6 Å². The Morgan fingerprint density at radius 1 is 0.826 bits per heavy atom. The van der Waals surface area contributed by atoms with Crippen molar-refractivity contribution in [3.05, 3.63) is 108 Å². The molecule has 0 bridgehead atoms. The second-order valence-electron chi connectivity index (χ2n) is 12.7. The molecule has 0 radical (unpaired) electrons. The second-order valence-corrected chi connectivity index (χ2v) is 12.7. The molecule has 1 fully saturated rings. The van der Waals surface area contributed by atoms with E-state index in [2.05, 4.69) is 22.8 Å². The fraction of sp³-hybridized carbons (Fsp3) is 0.462. The standard InChI is InChI=1S/C39H51N3O4/c43-37(26-25-32-17-8-3-9-18-32)42(46)30-35(24-14-23-31-15-6-1-2-7-16-31)38(44)41-36(29-34-21-12-5-13-22-34)39(45)40-28-27-33-19-10-4-11-20-33/h1-4,6-11,15,17-20,34-36,46H,5,12-14,16,21-30H2,(H,40,45)(H,41,44). The number of hydroxylamine groups is 2. The van der Waals surface area contributed by atoms with Gasteiger partial charge in [0.1, 0.15) is 6.04 Å². The Balaban J connectivity index is 1.40. The van der Waals surface area contributed by atoms with E-state index in [1.165, 1.54) is 12.0 Å². The number of nitrogens with one attached hydrogen (secondary N) is 2. The van der Waals surface area contributed by atoms with Gasteiger partial charge in [0, 0.05) is 13.0 Å². The van der Waals surface area contributed by atoms with Gasteiger partial charge >= 0.3 is 0 Å². The monoisotopic (exact) mass is 625 g/mol. The Morgan fingerprint density at radius 2 is 1.52 bits per heavy atom. The molecule has 2 aromatic carbocycles. The highest BCUT2D eigenvalue weighted by atomic mass is 16.5. The van der Waals surface area contributed by atoms with Gasteiger partial charge in [-0.05, 0) is 62.0 Å². The van der Waals surface area contributed by atoms with Crippen LogP contribution in [-0.4, -0.2) is 47.1 Å². The number of benzene rings is 2. The summed E-state index contributed by atoms with van der Waals surface area (Å²) in [5.74, 6) is -1.14. The third kappa shape index (κ3) is 12.4. The van der Waals surface area contributed by atoms with Gasteiger partial charge in [-0.3, -0.25) is 19.6 Å². The SMILES string of the molecule is O=C(NC(CC1CCCCC1)C(=O)NCCc1ccccc1)C(CCCC1=CC=CC=CC1)CN(O)C(=O)CCc1ccccc1. The summed E-state index contributed by atoms with van der Waals surface area (Å²) in [5.41, 5.74) is 3.43. The topological polar surface area (TPSA) is 98.7 Å². The lowest BCUT2D eigenvalue weighted by Gasteiger charge is -2.29. The van der Waals surface area contributed by atoms with Crippen LogP contribution in [0.2, 0.25) is 0 Å². The van der Waals surface area contributed by atoms with Crippen molar-refractivity contribution in [1.29, 1.82) is 0 Å².